The molecule has 5 nitrogen and oxygen atoms in total. The van der Waals surface area contributed by atoms with Crippen molar-refractivity contribution in [1.29, 1.82) is 0 Å². The van der Waals surface area contributed by atoms with Gasteiger partial charge >= 0.3 is 0 Å². The lowest BCUT2D eigenvalue weighted by molar-refractivity contribution is 0.0571. The summed E-state index contributed by atoms with van der Waals surface area (Å²) in [6.45, 7) is 7.67. The fraction of sp³-hybridized carbons (Fsp3) is 0.600. The SMILES string of the molecule is COc1ccc(S(=O)(=O)NCCC(O)C(C)(C)C)c(C)c1. The van der Waals surface area contributed by atoms with Gasteiger partial charge in [-0.3, -0.25) is 0 Å². The molecule has 0 fully saturated rings. The van der Waals surface area contributed by atoms with E-state index in [-0.39, 0.29) is 16.9 Å². The molecule has 0 aliphatic rings. The van der Waals surface area contributed by atoms with Crippen LogP contribution >= 0.6 is 0 Å². The largest absolute Gasteiger partial charge is 0.497 e. The molecule has 0 aromatic heterocycles. The Kier molecular flexibility index (Phi) is 5.78. The molecule has 0 saturated carbocycles. The van der Waals surface area contributed by atoms with Gasteiger partial charge in [0.15, 0.2) is 0 Å². The van der Waals surface area contributed by atoms with Crippen molar-refractivity contribution >= 4 is 10.0 Å². The van der Waals surface area contributed by atoms with Gasteiger partial charge in [0.2, 0.25) is 10.0 Å². The highest BCUT2D eigenvalue weighted by Crippen LogP contribution is 2.22. The van der Waals surface area contributed by atoms with Crippen LogP contribution < -0.4 is 9.46 Å². The van der Waals surface area contributed by atoms with Gasteiger partial charge in [0.25, 0.3) is 0 Å². The van der Waals surface area contributed by atoms with Crippen molar-refractivity contribution in [3.05, 3.63) is 23.8 Å². The first kappa shape index (κ1) is 17.9. The summed E-state index contributed by atoms with van der Waals surface area (Å²) in [5.74, 6) is 0.620. The zero-order chi connectivity index (χ0) is 16.3. The van der Waals surface area contributed by atoms with Gasteiger partial charge in [-0.25, -0.2) is 13.1 Å². The minimum atomic E-state index is -3.57. The van der Waals surface area contributed by atoms with E-state index >= 15 is 0 Å². The number of rotatable bonds is 6. The molecule has 0 aliphatic heterocycles. The van der Waals surface area contributed by atoms with Crippen LogP contribution in [0.2, 0.25) is 0 Å². The maximum atomic E-state index is 12.3. The Labute approximate surface area is 127 Å². The summed E-state index contributed by atoms with van der Waals surface area (Å²) in [6.07, 6.45) is -0.185. The number of nitrogens with one attached hydrogen (secondary N) is 1. The number of methoxy groups -OCH3 is 1. The van der Waals surface area contributed by atoms with Crippen molar-refractivity contribution in [3.63, 3.8) is 0 Å². The van der Waals surface area contributed by atoms with Crippen molar-refractivity contribution in [1.82, 2.24) is 4.72 Å². The predicted molar refractivity (Wildman–Crippen MR) is 83.0 cm³/mol. The summed E-state index contributed by atoms with van der Waals surface area (Å²) >= 11 is 0. The van der Waals surface area contributed by atoms with Crippen LogP contribution in [-0.2, 0) is 10.0 Å². The van der Waals surface area contributed by atoms with Crippen molar-refractivity contribution in [2.24, 2.45) is 5.41 Å². The van der Waals surface area contributed by atoms with Gasteiger partial charge in [0.1, 0.15) is 5.75 Å². The fourth-order valence-electron chi connectivity index (χ4n) is 1.89. The van der Waals surface area contributed by atoms with Crippen LogP contribution in [0.3, 0.4) is 0 Å². The van der Waals surface area contributed by atoms with E-state index in [1.165, 1.54) is 13.2 Å². The third kappa shape index (κ3) is 4.98. The van der Waals surface area contributed by atoms with Crippen LogP contribution in [0.25, 0.3) is 0 Å². The van der Waals surface area contributed by atoms with Gasteiger partial charge < -0.3 is 9.84 Å². The quantitative estimate of drug-likeness (QED) is 0.843. The van der Waals surface area contributed by atoms with Gasteiger partial charge in [-0.05, 0) is 42.5 Å². The number of sulfonamides is 1. The summed E-state index contributed by atoms with van der Waals surface area (Å²) in [5.41, 5.74) is 0.361. The van der Waals surface area contributed by atoms with Gasteiger partial charge in [-0.15, -0.1) is 0 Å². The molecule has 0 amide bonds. The van der Waals surface area contributed by atoms with E-state index in [0.717, 1.165) is 0 Å². The second-order valence-electron chi connectivity index (χ2n) is 6.20. The molecular formula is C15H25NO4S. The minimum Gasteiger partial charge on any atom is -0.497 e. The Hall–Kier alpha value is -1.11. The molecule has 0 aliphatic carbocycles. The smallest absolute Gasteiger partial charge is 0.240 e. The summed E-state index contributed by atoms with van der Waals surface area (Å²) in [6, 6.07) is 4.82. The Morgan fingerprint density at radius 1 is 1.33 bits per heavy atom. The number of benzene rings is 1. The maximum absolute atomic E-state index is 12.3. The first-order valence-corrected chi connectivity index (χ1v) is 8.38. The Bertz CT molecular complexity index is 576. The normalized spacial score (nSPS) is 14.0. The van der Waals surface area contributed by atoms with Crippen LogP contribution in [-0.4, -0.2) is 33.3 Å². The molecule has 0 heterocycles. The molecule has 120 valence electrons. The van der Waals surface area contributed by atoms with Crippen molar-refractivity contribution in [3.8, 4) is 5.75 Å². The Morgan fingerprint density at radius 3 is 2.43 bits per heavy atom. The number of ether oxygens (including phenoxy) is 1. The van der Waals surface area contributed by atoms with Crippen LogP contribution in [0, 0.1) is 12.3 Å². The summed E-state index contributed by atoms with van der Waals surface area (Å²) in [7, 11) is -2.04. The molecule has 0 saturated heterocycles. The van der Waals surface area contributed by atoms with Gasteiger partial charge in [0, 0.05) is 6.54 Å². The first-order chi connectivity index (χ1) is 9.58. The lowest BCUT2D eigenvalue weighted by atomic mass is 9.87. The monoisotopic (exact) mass is 315 g/mol. The van der Waals surface area contributed by atoms with E-state index in [0.29, 0.717) is 17.7 Å². The lowest BCUT2D eigenvalue weighted by Gasteiger charge is -2.25. The number of hydrogen-bond acceptors (Lipinski definition) is 4. The zero-order valence-electron chi connectivity index (χ0n) is 13.3. The molecule has 1 unspecified atom stereocenters. The summed E-state index contributed by atoms with van der Waals surface area (Å²) < 4.78 is 32.1. The minimum absolute atomic E-state index is 0.201. The maximum Gasteiger partial charge on any atom is 0.240 e. The molecule has 1 aromatic rings. The van der Waals surface area contributed by atoms with Crippen LogP contribution in [0.5, 0.6) is 5.75 Å². The van der Waals surface area contributed by atoms with E-state index in [4.69, 9.17) is 4.74 Å². The van der Waals surface area contributed by atoms with E-state index in [9.17, 15) is 13.5 Å². The van der Waals surface area contributed by atoms with Crippen LogP contribution in [0.1, 0.15) is 32.8 Å². The highest BCUT2D eigenvalue weighted by atomic mass is 32.2. The van der Waals surface area contributed by atoms with E-state index in [1.807, 2.05) is 20.8 Å². The molecule has 0 bridgehead atoms. The number of aliphatic hydroxyl groups is 1. The highest BCUT2D eigenvalue weighted by molar-refractivity contribution is 7.89. The third-order valence-electron chi connectivity index (χ3n) is 3.38. The zero-order valence-corrected chi connectivity index (χ0v) is 14.1. The number of aliphatic hydroxyl groups excluding tert-OH is 1. The molecule has 21 heavy (non-hydrogen) atoms. The topological polar surface area (TPSA) is 75.6 Å². The predicted octanol–water partition coefficient (Wildman–Crippen LogP) is 2.08. The fourth-order valence-corrected chi connectivity index (χ4v) is 3.16. The molecule has 1 atom stereocenters. The molecule has 0 radical (unpaired) electrons. The Balaban J connectivity index is 2.75. The second-order valence-corrected chi connectivity index (χ2v) is 7.94. The first-order valence-electron chi connectivity index (χ1n) is 6.90. The van der Waals surface area contributed by atoms with Crippen molar-refractivity contribution < 1.29 is 18.3 Å². The highest BCUT2D eigenvalue weighted by Gasteiger charge is 2.23. The molecule has 2 N–H and O–H groups in total. The van der Waals surface area contributed by atoms with E-state index in [2.05, 4.69) is 4.72 Å². The Morgan fingerprint density at radius 2 is 1.95 bits per heavy atom. The third-order valence-corrected chi connectivity index (χ3v) is 5.00. The van der Waals surface area contributed by atoms with E-state index < -0.39 is 16.1 Å². The van der Waals surface area contributed by atoms with Crippen LogP contribution in [0.15, 0.2) is 23.1 Å². The summed E-state index contributed by atoms with van der Waals surface area (Å²) in [5, 5.41) is 9.92. The molecule has 1 aromatic carbocycles. The van der Waals surface area contributed by atoms with E-state index in [1.54, 1.807) is 19.1 Å². The van der Waals surface area contributed by atoms with Gasteiger partial charge in [-0.2, -0.15) is 0 Å². The number of hydrogen-bond donors (Lipinski definition) is 2. The van der Waals surface area contributed by atoms with Gasteiger partial charge in [-0.1, -0.05) is 20.8 Å². The standard InChI is InChI=1S/C15H25NO4S/c1-11-10-12(20-5)6-7-13(11)21(18,19)16-9-8-14(17)15(2,3)4/h6-7,10,14,16-17H,8-9H2,1-5H3. The molecule has 6 heteroatoms. The lowest BCUT2D eigenvalue weighted by Crippen LogP contribution is -2.32. The molecular weight excluding hydrogens is 290 g/mol. The second kappa shape index (κ2) is 6.77. The van der Waals surface area contributed by atoms with Crippen molar-refractivity contribution in [2.45, 2.75) is 45.1 Å². The molecule has 1 rings (SSSR count). The average molecular weight is 315 g/mol. The van der Waals surface area contributed by atoms with Gasteiger partial charge in [0.05, 0.1) is 18.1 Å². The van der Waals surface area contributed by atoms with Crippen LogP contribution in [0.4, 0.5) is 0 Å². The summed E-state index contributed by atoms with van der Waals surface area (Å²) in [4.78, 5) is 0.230. The van der Waals surface area contributed by atoms with Crippen molar-refractivity contribution in [2.75, 3.05) is 13.7 Å². The average Bonchev–Trinajstić information content (AvgIpc) is 2.36. The number of aryl methyl sites for hydroxylation is 1. The molecule has 0 spiro atoms.